The molecule has 3 heterocycles. The summed E-state index contributed by atoms with van der Waals surface area (Å²) in [6.45, 7) is 3.77. The van der Waals surface area contributed by atoms with Gasteiger partial charge in [-0.2, -0.15) is 18.4 Å². The zero-order chi connectivity index (χ0) is 22.6. The molecule has 164 valence electrons. The Morgan fingerprint density at radius 2 is 1.77 bits per heavy atom. The molecule has 31 heavy (non-hydrogen) atoms. The van der Waals surface area contributed by atoms with Crippen LogP contribution < -0.4 is 0 Å². The summed E-state index contributed by atoms with van der Waals surface area (Å²) in [6, 6.07) is 10.0. The highest BCUT2D eigenvalue weighted by atomic mass is 19.4. The lowest BCUT2D eigenvalue weighted by Gasteiger charge is -2.44. The number of Topliss-reactive ketones (excluding diaryl/α,β-unsaturated/α-hetero) is 1. The number of fused-ring (bicyclic) bond motifs is 2. The average molecular weight is 431 g/mol. The molecule has 8 heteroatoms. The molecule has 2 fully saturated rings. The molecule has 0 saturated carbocycles. The molecular formula is C23H24F3N3O2. The predicted molar refractivity (Wildman–Crippen MR) is 108 cm³/mol. The predicted octanol–water partition coefficient (Wildman–Crippen LogP) is 4.07. The van der Waals surface area contributed by atoms with E-state index in [0.717, 1.165) is 17.1 Å². The third-order valence-corrected chi connectivity index (χ3v) is 6.76. The first-order chi connectivity index (χ1) is 14.5. The number of carbonyl (C=O) groups is 1. The van der Waals surface area contributed by atoms with Crippen molar-refractivity contribution in [3.8, 4) is 11.8 Å². The number of nitriles is 1. The van der Waals surface area contributed by atoms with Crippen molar-refractivity contribution >= 4 is 5.78 Å². The normalized spacial score (nSPS) is 26.1. The highest BCUT2D eigenvalue weighted by Gasteiger charge is 2.60. The highest BCUT2D eigenvalue weighted by molar-refractivity contribution is 5.99. The maximum Gasteiger partial charge on any atom is 0.417 e. The summed E-state index contributed by atoms with van der Waals surface area (Å²) in [5.74, 6) is -0.137. The van der Waals surface area contributed by atoms with E-state index in [-0.39, 0.29) is 25.2 Å². The Hall–Kier alpha value is -2.63. The number of hydrogen-bond donors (Lipinski definition) is 1. The number of aliphatic hydroxyl groups is 1. The van der Waals surface area contributed by atoms with Gasteiger partial charge >= 0.3 is 6.18 Å². The molecule has 1 aromatic heterocycles. The Morgan fingerprint density at radius 1 is 1.19 bits per heavy atom. The van der Waals surface area contributed by atoms with Gasteiger partial charge in [-0.05, 0) is 57.0 Å². The second-order valence-electron chi connectivity index (χ2n) is 8.70. The molecule has 0 spiro atoms. The number of carbonyl (C=O) groups excluding carboxylic acids is 1. The topological polar surface area (TPSA) is 69.3 Å². The van der Waals surface area contributed by atoms with Gasteiger partial charge in [0.1, 0.15) is 0 Å². The van der Waals surface area contributed by atoms with E-state index in [9.17, 15) is 23.1 Å². The van der Waals surface area contributed by atoms with Crippen molar-refractivity contribution in [3.63, 3.8) is 0 Å². The number of halogens is 3. The number of rotatable bonds is 4. The molecule has 2 aliphatic heterocycles. The van der Waals surface area contributed by atoms with Crippen LogP contribution >= 0.6 is 0 Å². The van der Waals surface area contributed by atoms with Gasteiger partial charge in [0.25, 0.3) is 0 Å². The van der Waals surface area contributed by atoms with Gasteiger partial charge in [-0.1, -0.05) is 0 Å². The van der Waals surface area contributed by atoms with E-state index in [4.69, 9.17) is 5.26 Å². The van der Waals surface area contributed by atoms with Crippen LogP contribution in [0.25, 0.3) is 5.69 Å². The molecule has 5 nitrogen and oxygen atoms in total. The Kier molecular flexibility index (Phi) is 5.23. The van der Waals surface area contributed by atoms with Crippen LogP contribution in [0, 0.1) is 25.2 Å². The lowest BCUT2D eigenvalue weighted by atomic mass is 9.85. The maximum absolute atomic E-state index is 13.3. The highest BCUT2D eigenvalue weighted by Crippen LogP contribution is 2.47. The van der Waals surface area contributed by atoms with Crippen molar-refractivity contribution in [1.82, 2.24) is 9.47 Å². The number of alkyl halides is 3. The Bertz CT molecular complexity index is 1040. The van der Waals surface area contributed by atoms with Crippen molar-refractivity contribution in [1.29, 1.82) is 5.26 Å². The molecule has 2 aromatic rings. The SMILES string of the molecule is Cc1cc(C(=O)CN2[C@@H]3CC[C@H]2CC(O)(C(F)(F)F)C3)c(C)n1-c1ccc(C#N)cc1. The molecule has 4 rings (SSSR count). The first-order valence-corrected chi connectivity index (χ1v) is 10.3. The van der Waals surface area contributed by atoms with Crippen molar-refractivity contribution in [2.75, 3.05) is 6.54 Å². The van der Waals surface area contributed by atoms with Crippen LogP contribution in [0.4, 0.5) is 13.2 Å². The van der Waals surface area contributed by atoms with E-state index in [1.54, 1.807) is 18.2 Å². The Morgan fingerprint density at radius 3 is 2.29 bits per heavy atom. The van der Waals surface area contributed by atoms with Gasteiger partial charge in [0.15, 0.2) is 11.4 Å². The summed E-state index contributed by atoms with van der Waals surface area (Å²) in [4.78, 5) is 15.0. The van der Waals surface area contributed by atoms with Crippen LogP contribution in [0.5, 0.6) is 0 Å². The third kappa shape index (κ3) is 3.66. The molecule has 2 saturated heterocycles. The van der Waals surface area contributed by atoms with Crippen molar-refractivity contribution in [2.45, 2.75) is 63.4 Å². The molecule has 1 unspecified atom stereocenters. The van der Waals surface area contributed by atoms with E-state index in [1.165, 1.54) is 0 Å². The Labute approximate surface area is 178 Å². The standard InChI is InChI=1S/C23H24F3N3O2/c1-14-9-20(15(2)29(14)17-5-3-16(12-27)4-6-17)21(30)13-28-18-7-8-19(28)11-22(31,10-18)23(24,25)26/h3-6,9,18-19,31H,7-8,10-11,13H2,1-2H3/t18-,19+,22?. The van der Waals surface area contributed by atoms with Crippen LogP contribution in [0.3, 0.4) is 0 Å². The smallest absolute Gasteiger partial charge is 0.380 e. The fraction of sp³-hybridized carbons (Fsp3) is 0.478. The maximum atomic E-state index is 13.3. The largest absolute Gasteiger partial charge is 0.417 e. The fourth-order valence-corrected chi connectivity index (χ4v) is 5.18. The molecule has 0 aliphatic carbocycles. The van der Waals surface area contributed by atoms with Gasteiger partial charge in [-0.15, -0.1) is 0 Å². The lowest BCUT2D eigenvalue weighted by molar-refractivity contribution is -0.278. The molecular weight excluding hydrogens is 407 g/mol. The first-order valence-electron chi connectivity index (χ1n) is 10.3. The zero-order valence-corrected chi connectivity index (χ0v) is 17.4. The summed E-state index contributed by atoms with van der Waals surface area (Å²) in [6.07, 6.45) is -4.31. The van der Waals surface area contributed by atoms with Gasteiger partial charge in [-0.25, -0.2) is 0 Å². The average Bonchev–Trinajstić information content (AvgIpc) is 3.13. The van der Waals surface area contributed by atoms with Gasteiger partial charge in [0.2, 0.25) is 0 Å². The van der Waals surface area contributed by atoms with E-state index in [0.29, 0.717) is 24.0 Å². The lowest BCUT2D eigenvalue weighted by Crippen LogP contribution is -2.58. The molecule has 0 radical (unpaired) electrons. The third-order valence-electron chi connectivity index (χ3n) is 6.76. The van der Waals surface area contributed by atoms with Crippen LogP contribution in [-0.4, -0.2) is 50.8 Å². The minimum atomic E-state index is -4.66. The monoisotopic (exact) mass is 431 g/mol. The zero-order valence-electron chi connectivity index (χ0n) is 17.4. The minimum Gasteiger partial charge on any atom is -0.380 e. The summed E-state index contributed by atoms with van der Waals surface area (Å²) in [5.41, 5.74) is 0.868. The number of ketones is 1. The van der Waals surface area contributed by atoms with Crippen LogP contribution in [0.15, 0.2) is 30.3 Å². The van der Waals surface area contributed by atoms with Gasteiger partial charge in [-0.3, -0.25) is 9.69 Å². The summed E-state index contributed by atoms with van der Waals surface area (Å²) in [5, 5.41) is 19.1. The molecule has 1 aromatic carbocycles. The first kappa shape index (κ1) is 21.6. The second-order valence-corrected chi connectivity index (χ2v) is 8.70. The van der Waals surface area contributed by atoms with E-state index in [1.807, 2.05) is 35.4 Å². The summed E-state index contributed by atoms with van der Waals surface area (Å²) in [7, 11) is 0. The van der Waals surface area contributed by atoms with Gasteiger partial charge in [0.05, 0.1) is 18.2 Å². The van der Waals surface area contributed by atoms with Crippen molar-refractivity contribution < 1.29 is 23.1 Å². The van der Waals surface area contributed by atoms with Crippen LogP contribution in [-0.2, 0) is 0 Å². The van der Waals surface area contributed by atoms with E-state index < -0.39 is 23.9 Å². The van der Waals surface area contributed by atoms with Crippen LogP contribution in [0.2, 0.25) is 0 Å². The molecule has 0 amide bonds. The summed E-state index contributed by atoms with van der Waals surface area (Å²) < 4.78 is 41.9. The quantitative estimate of drug-likeness (QED) is 0.741. The fourth-order valence-electron chi connectivity index (χ4n) is 5.18. The minimum absolute atomic E-state index is 0.0426. The van der Waals surface area contributed by atoms with E-state index >= 15 is 0 Å². The van der Waals surface area contributed by atoms with Gasteiger partial charge < -0.3 is 9.67 Å². The molecule has 2 aliphatic rings. The number of benzene rings is 1. The number of aryl methyl sites for hydroxylation is 1. The van der Waals surface area contributed by atoms with E-state index in [2.05, 4.69) is 6.07 Å². The number of nitrogens with zero attached hydrogens (tertiary/aromatic N) is 3. The molecule has 2 bridgehead atoms. The van der Waals surface area contributed by atoms with Crippen molar-refractivity contribution in [2.24, 2.45) is 0 Å². The second kappa shape index (κ2) is 7.50. The number of hydrogen-bond acceptors (Lipinski definition) is 4. The van der Waals surface area contributed by atoms with Crippen LogP contribution in [0.1, 0.15) is 53.0 Å². The van der Waals surface area contributed by atoms with Crippen molar-refractivity contribution in [3.05, 3.63) is 52.8 Å². The Balaban J connectivity index is 1.55. The molecule has 3 atom stereocenters. The summed E-state index contributed by atoms with van der Waals surface area (Å²) >= 11 is 0. The number of aromatic nitrogens is 1. The number of piperidine rings is 1. The molecule has 1 N–H and O–H groups in total. The van der Waals surface area contributed by atoms with Gasteiger partial charge in [0, 0.05) is 47.6 Å².